The number of phenols is 1. The van der Waals surface area contributed by atoms with Crippen molar-refractivity contribution >= 4 is 15.7 Å². The fourth-order valence-electron chi connectivity index (χ4n) is 2.05. The standard InChI is InChI=1S/C12H18N2O4S/c1-14(8-9-3-2-6-18-9)19(16,17)10-4-5-12(15)11(13)7-10/h4-5,7,9,15H,2-3,6,8,13H2,1H3. The largest absolute Gasteiger partial charge is 0.506 e. The van der Waals surface area contributed by atoms with Crippen molar-refractivity contribution in [1.29, 1.82) is 0 Å². The third kappa shape index (κ3) is 2.99. The zero-order chi connectivity index (χ0) is 14.0. The first kappa shape index (κ1) is 14.1. The first-order chi connectivity index (χ1) is 8.91. The van der Waals surface area contributed by atoms with Crippen LogP contribution >= 0.6 is 0 Å². The van der Waals surface area contributed by atoms with Gasteiger partial charge in [-0.2, -0.15) is 4.31 Å². The van der Waals surface area contributed by atoms with Crippen LogP contribution in [-0.2, 0) is 14.8 Å². The van der Waals surface area contributed by atoms with Gasteiger partial charge in [0.05, 0.1) is 16.7 Å². The number of rotatable bonds is 4. The van der Waals surface area contributed by atoms with Crippen LogP contribution in [0.2, 0.25) is 0 Å². The van der Waals surface area contributed by atoms with Crippen molar-refractivity contribution in [1.82, 2.24) is 4.31 Å². The van der Waals surface area contributed by atoms with Crippen LogP contribution in [0.25, 0.3) is 0 Å². The molecule has 1 heterocycles. The number of nitrogen functional groups attached to an aromatic ring is 1. The molecule has 0 aromatic heterocycles. The van der Waals surface area contributed by atoms with Crippen LogP contribution < -0.4 is 5.73 Å². The number of sulfonamides is 1. The molecule has 1 aromatic carbocycles. The first-order valence-electron chi connectivity index (χ1n) is 6.07. The van der Waals surface area contributed by atoms with E-state index >= 15 is 0 Å². The van der Waals surface area contributed by atoms with Crippen molar-refractivity contribution < 1.29 is 18.3 Å². The Morgan fingerprint density at radius 1 is 1.53 bits per heavy atom. The summed E-state index contributed by atoms with van der Waals surface area (Å²) in [7, 11) is -2.09. The number of benzene rings is 1. The molecule has 1 saturated heterocycles. The highest BCUT2D eigenvalue weighted by Crippen LogP contribution is 2.25. The van der Waals surface area contributed by atoms with Crippen molar-refractivity contribution in [2.75, 3.05) is 25.9 Å². The summed E-state index contributed by atoms with van der Waals surface area (Å²) in [4.78, 5) is 0.0725. The van der Waals surface area contributed by atoms with E-state index in [0.717, 1.165) is 12.8 Å². The molecule has 1 aromatic rings. The highest BCUT2D eigenvalue weighted by molar-refractivity contribution is 7.89. The SMILES string of the molecule is CN(CC1CCCO1)S(=O)(=O)c1ccc(O)c(N)c1. The van der Waals surface area contributed by atoms with Gasteiger partial charge in [0.2, 0.25) is 10.0 Å². The van der Waals surface area contributed by atoms with Gasteiger partial charge in [0, 0.05) is 20.2 Å². The average Bonchev–Trinajstić information content (AvgIpc) is 2.85. The fourth-order valence-corrected chi connectivity index (χ4v) is 3.28. The summed E-state index contributed by atoms with van der Waals surface area (Å²) >= 11 is 0. The maximum absolute atomic E-state index is 12.3. The second kappa shape index (κ2) is 5.36. The lowest BCUT2D eigenvalue weighted by molar-refractivity contribution is 0.0979. The molecule has 1 fully saturated rings. The summed E-state index contributed by atoms with van der Waals surface area (Å²) in [6.07, 6.45) is 1.79. The molecule has 0 radical (unpaired) electrons. The van der Waals surface area contributed by atoms with Crippen LogP contribution in [0.5, 0.6) is 5.75 Å². The lowest BCUT2D eigenvalue weighted by atomic mass is 10.2. The zero-order valence-electron chi connectivity index (χ0n) is 10.7. The molecular formula is C12H18N2O4S. The Morgan fingerprint density at radius 2 is 2.26 bits per heavy atom. The van der Waals surface area contributed by atoms with Crippen LogP contribution in [0.1, 0.15) is 12.8 Å². The summed E-state index contributed by atoms with van der Waals surface area (Å²) in [5.41, 5.74) is 5.57. The van der Waals surface area contributed by atoms with Crippen LogP contribution in [0.3, 0.4) is 0 Å². The normalized spacial score (nSPS) is 20.0. The van der Waals surface area contributed by atoms with Gasteiger partial charge in [-0.25, -0.2) is 8.42 Å². The molecule has 3 N–H and O–H groups in total. The number of nitrogens with two attached hydrogens (primary N) is 1. The van der Waals surface area contributed by atoms with Gasteiger partial charge < -0.3 is 15.6 Å². The maximum Gasteiger partial charge on any atom is 0.242 e. The second-order valence-electron chi connectivity index (χ2n) is 4.64. The number of hydrogen-bond acceptors (Lipinski definition) is 5. The minimum atomic E-state index is -3.60. The highest BCUT2D eigenvalue weighted by atomic mass is 32.2. The van der Waals surface area contributed by atoms with Crippen molar-refractivity contribution in [2.24, 2.45) is 0 Å². The molecule has 1 aliphatic heterocycles. The summed E-state index contributed by atoms with van der Waals surface area (Å²) in [6.45, 7) is 1.01. The number of hydrogen-bond donors (Lipinski definition) is 2. The van der Waals surface area contributed by atoms with Gasteiger partial charge in [-0.15, -0.1) is 0 Å². The van der Waals surface area contributed by atoms with Gasteiger partial charge in [0.1, 0.15) is 5.75 Å². The monoisotopic (exact) mass is 286 g/mol. The molecule has 2 rings (SSSR count). The van der Waals surface area contributed by atoms with Gasteiger partial charge in [-0.05, 0) is 31.0 Å². The highest BCUT2D eigenvalue weighted by Gasteiger charge is 2.26. The van der Waals surface area contributed by atoms with Crippen molar-refractivity contribution in [3.05, 3.63) is 18.2 Å². The van der Waals surface area contributed by atoms with Gasteiger partial charge in [-0.1, -0.05) is 0 Å². The molecule has 106 valence electrons. The summed E-state index contributed by atoms with van der Waals surface area (Å²) < 4.78 is 31.3. The number of aromatic hydroxyl groups is 1. The second-order valence-corrected chi connectivity index (χ2v) is 6.69. The molecule has 1 aliphatic rings. The number of phenolic OH excluding ortho intramolecular Hbond substituents is 1. The molecular weight excluding hydrogens is 268 g/mol. The minimum absolute atomic E-state index is 0.0470. The van der Waals surface area contributed by atoms with Crippen LogP contribution in [-0.4, -0.2) is 44.1 Å². The molecule has 0 aliphatic carbocycles. The third-order valence-corrected chi connectivity index (χ3v) is 5.01. The molecule has 19 heavy (non-hydrogen) atoms. The smallest absolute Gasteiger partial charge is 0.242 e. The van der Waals surface area contributed by atoms with Crippen molar-refractivity contribution in [3.63, 3.8) is 0 Å². The molecule has 1 atom stereocenters. The Labute approximate surface area is 112 Å². The fraction of sp³-hybridized carbons (Fsp3) is 0.500. The number of ether oxygens (including phenoxy) is 1. The van der Waals surface area contributed by atoms with E-state index in [1.165, 1.54) is 29.6 Å². The van der Waals surface area contributed by atoms with Crippen molar-refractivity contribution in [2.45, 2.75) is 23.8 Å². The molecule has 6 nitrogen and oxygen atoms in total. The Bertz CT molecular complexity index is 553. The Kier molecular flexibility index (Phi) is 3.98. The quantitative estimate of drug-likeness (QED) is 0.630. The predicted molar refractivity (Wildman–Crippen MR) is 71.3 cm³/mol. The van der Waals surface area contributed by atoms with Crippen molar-refractivity contribution in [3.8, 4) is 5.75 Å². The number of nitrogens with zero attached hydrogens (tertiary/aromatic N) is 1. The molecule has 0 saturated carbocycles. The van der Waals surface area contributed by atoms with Gasteiger partial charge >= 0.3 is 0 Å². The molecule has 7 heteroatoms. The van der Waals surface area contributed by atoms with Crippen LogP contribution in [0.15, 0.2) is 23.1 Å². The van der Waals surface area contributed by atoms with E-state index in [9.17, 15) is 13.5 Å². The molecule has 0 spiro atoms. The zero-order valence-corrected chi connectivity index (χ0v) is 11.6. The van der Waals surface area contributed by atoms with E-state index in [-0.39, 0.29) is 22.4 Å². The lowest BCUT2D eigenvalue weighted by Gasteiger charge is -2.20. The lowest BCUT2D eigenvalue weighted by Crippen LogP contribution is -2.34. The summed E-state index contributed by atoms with van der Waals surface area (Å²) in [5.74, 6) is -0.124. The van der Waals surface area contributed by atoms with Crippen LogP contribution in [0, 0.1) is 0 Å². The van der Waals surface area contributed by atoms with E-state index in [1.807, 2.05) is 0 Å². The Morgan fingerprint density at radius 3 is 2.84 bits per heavy atom. The van der Waals surface area contributed by atoms with Gasteiger partial charge in [0.15, 0.2) is 0 Å². The molecule has 0 amide bonds. The Balaban J connectivity index is 2.18. The van der Waals surface area contributed by atoms with E-state index in [1.54, 1.807) is 0 Å². The van der Waals surface area contributed by atoms with Gasteiger partial charge in [0.25, 0.3) is 0 Å². The van der Waals surface area contributed by atoms with Crippen LogP contribution in [0.4, 0.5) is 5.69 Å². The minimum Gasteiger partial charge on any atom is -0.506 e. The van der Waals surface area contributed by atoms with Gasteiger partial charge in [-0.3, -0.25) is 0 Å². The maximum atomic E-state index is 12.3. The van der Waals surface area contributed by atoms with E-state index in [0.29, 0.717) is 13.2 Å². The predicted octanol–water partition coefficient (Wildman–Crippen LogP) is 0.774. The number of likely N-dealkylation sites (N-methyl/N-ethyl adjacent to an activating group) is 1. The molecule has 0 bridgehead atoms. The number of anilines is 1. The third-order valence-electron chi connectivity index (χ3n) is 3.19. The Hall–Kier alpha value is -1.31. The van der Waals surface area contributed by atoms with E-state index < -0.39 is 10.0 Å². The average molecular weight is 286 g/mol. The molecule has 1 unspecified atom stereocenters. The summed E-state index contributed by atoms with van der Waals surface area (Å²) in [6, 6.07) is 3.88. The van der Waals surface area contributed by atoms with E-state index in [4.69, 9.17) is 10.5 Å². The first-order valence-corrected chi connectivity index (χ1v) is 7.51. The van der Waals surface area contributed by atoms with E-state index in [2.05, 4.69) is 0 Å². The summed E-state index contributed by atoms with van der Waals surface area (Å²) in [5, 5.41) is 9.32. The topological polar surface area (TPSA) is 92.9 Å².